The first-order valence-corrected chi connectivity index (χ1v) is 8.70. The molecular weight excluding hydrogens is 388 g/mol. The molecule has 0 bridgehead atoms. The Balaban J connectivity index is 1.60. The molecule has 0 N–H and O–H groups in total. The molecule has 5 nitrogen and oxygen atoms in total. The van der Waals surface area contributed by atoms with Crippen molar-refractivity contribution in [1.29, 1.82) is 0 Å². The van der Waals surface area contributed by atoms with E-state index in [4.69, 9.17) is 14.2 Å². The highest BCUT2D eigenvalue weighted by atomic mass is 79.9. The highest BCUT2D eigenvalue weighted by molar-refractivity contribution is 9.10. The van der Waals surface area contributed by atoms with Gasteiger partial charge in [-0.05, 0) is 36.8 Å². The zero-order valence-electron chi connectivity index (χ0n) is 13.7. The van der Waals surface area contributed by atoms with Crippen LogP contribution >= 0.6 is 15.9 Å². The van der Waals surface area contributed by atoms with Gasteiger partial charge < -0.3 is 14.2 Å². The Kier molecular flexibility index (Phi) is 5.38. The summed E-state index contributed by atoms with van der Waals surface area (Å²) in [6.07, 6.45) is -0.778. The van der Waals surface area contributed by atoms with Crippen LogP contribution in [0.1, 0.15) is 22.8 Å². The van der Waals surface area contributed by atoms with Crippen molar-refractivity contribution in [2.45, 2.75) is 19.4 Å². The van der Waals surface area contributed by atoms with E-state index < -0.39 is 12.1 Å². The SMILES string of the molecule is C[C@@H](OC(=O)Cc1ccc2c(c1)OCCO2)C(=O)c1ccc(Br)cc1. The number of carbonyl (C=O) groups excluding carboxylic acids is 2. The number of esters is 1. The largest absolute Gasteiger partial charge is 0.486 e. The molecule has 3 rings (SSSR count). The number of ketones is 1. The molecule has 0 spiro atoms. The minimum absolute atomic E-state index is 0.0641. The van der Waals surface area contributed by atoms with Crippen molar-refractivity contribution >= 4 is 27.7 Å². The molecule has 0 unspecified atom stereocenters. The first-order chi connectivity index (χ1) is 12.0. The maximum absolute atomic E-state index is 12.3. The van der Waals surface area contributed by atoms with Gasteiger partial charge in [-0.3, -0.25) is 9.59 Å². The topological polar surface area (TPSA) is 61.8 Å². The van der Waals surface area contributed by atoms with E-state index in [0.29, 0.717) is 30.3 Å². The lowest BCUT2D eigenvalue weighted by atomic mass is 10.1. The lowest BCUT2D eigenvalue weighted by Gasteiger charge is -2.19. The van der Waals surface area contributed by atoms with E-state index >= 15 is 0 Å². The maximum Gasteiger partial charge on any atom is 0.310 e. The van der Waals surface area contributed by atoms with Crippen LogP contribution in [-0.2, 0) is 16.0 Å². The monoisotopic (exact) mass is 404 g/mol. The molecular formula is C19H17BrO5. The highest BCUT2D eigenvalue weighted by Gasteiger charge is 2.20. The van der Waals surface area contributed by atoms with Crippen LogP contribution in [0.3, 0.4) is 0 Å². The molecule has 25 heavy (non-hydrogen) atoms. The minimum Gasteiger partial charge on any atom is -0.486 e. The second-order valence-electron chi connectivity index (χ2n) is 5.66. The number of Topliss-reactive ketones (excluding diaryl/α,β-unsaturated/α-hetero) is 1. The van der Waals surface area contributed by atoms with Crippen molar-refractivity contribution in [2.75, 3.05) is 13.2 Å². The van der Waals surface area contributed by atoms with E-state index in [1.807, 2.05) is 0 Å². The molecule has 0 saturated carbocycles. The molecule has 1 aliphatic heterocycles. The first kappa shape index (κ1) is 17.5. The number of hydrogen-bond acceptors (Lipinski definition) is 5. The fraction of sp³-hybridized carbons (Fsp3) is 0.263. The lowest BCUT2D eigenvalue weighted by Crippen LogP contribution is -2.25. The van der Waals surface area contributed by atoms with Crippen LogP contribution in [0, 0.1) is 0 Å². The van der Waals surface area contributed by atoms with E-state index in [9.17, 15) is 9.59 Å². The van der Waals surface area contributed by atoms with Crippen molar-refractivity contribution in [2.24, 2.45) is 0 Å². The molecule has 0 amide bonds. The Labute approximate surface area is 154 Å². The van der Waals surface area contributed by atoms with E-state index in [-0.39, 0.29) is 12.2 Å². The summed E-state index contributed by atoms with van der Waals surface area (Å²) in [6.45, 7) is 2.58. The van der Waals surface area contributed by atoms with Crippen molar-refractivity contribution in [3.63, 3.8) is 0 Å². The number of rotatable bonds is 5. The Bertz CT molecular complexity index is 785. The van der Waals surface area contributed by atoms with E-state index in [1.54, 1.807) is 49.4 Å². The minimum atomic E-state index is -0.842. The van der Waals surface area contributed by atoms with Crippen LogP contribution in [0.2, 0.25) is 0 Å². The molecule has 6 heteroatoms. The fourth-order valence-electron chi connectivity index (χ4n) is 2.51. The number of carbonyl (C=O) groups is 2. The summed E-state index contributed by atoms with van der Waals surface area (Å²) >= 11 is 3.32. The van der Waals surface area contributed by atoms with E-state index in [2.05, 4.69) is 15.9 Å². The maximum atomic E-state index is 12.3. The van der Waals surface area contributed by atoms with Gasteiger partial charge in [0.1, 0.15) is 13.2 Å². The van der Waals surface area contributed by atoms with Gasteiger partial charge in [0, 0.05) is 10.0 Å². The van der Waals surface area contributed by atoms with Gasteiger partial charge in [0.05, 0.1) is 6.42 Å². The normalized spacial score (nSPS) is 13.8. The summed E-state index contributed by atoms with van der Waals surface area (Å²) in [4.78, 5) is 24.4. The van der Waals surface area contributed by atoms with Crippen molar-refractivity contribution in [3.05, 3.63) is 58.1 Å². The van der Waals surface area contributed by atoms with Gasteiger partial charge in [0.2, 0.25) is 5.78 Å². The van der Waals surface area contributed by atoms with Gasteiger partial charge in [-0.2, -0.15) is 0 Å². The molecule has 0 radical (unpaired) electrons. The van der Waals surface area contributed by atoms with E-state index in [1.165, 1.54) is 0 Å². The Hall–Kier alpha value is -2.34. The third-order valence-electron chi connectivity index (χ3n) is 3.76. The van der Waals surface area contributed by atoms with Gasteiger partial charge in [-0.15, -0.1) is 0 Å². The smallest absolute Gasteiger partial charge is 0.310 e. The average molecular weight is 405 g/mol. The molecule has 0 aliphatic carbocycles. The Morgan fingerprint density at radius 1 is 1.08 bits per heavy atom. The third kappa shape index (κ3) is 4.39. The zero-order chi connectivity index (χ0) is 17.8. The summed E-state index contributed by atoms with van der Waals surface area (Å²) in [5.74, 6) is 0.593. The number of fused-ring (bicyclic) bond motifs is 1. The van der Waals surface area contributed by atoms with Crippen molar-refractivity contribution in [3.8, 4) is 11.5 Å². The van der Waals surface area contributed by atoms with Crippen LogP contribution in [-0.4, -0.2) is 31.1 Å². The van der Waals surface area contributed by atoms with E-state index in [0.717, 1.165) is 10.0 Å². The average Bonchev–Trinajstić information content (AvgIpc) is 2.61. The Morgan fingerprint density at radius 3 is 2.48 bits per heavy atom. The van der Waals surface area contributed by atoms with Crippen LogP contribution in [0.15, 0.2) is 46.9 Å². The van der Waals surface area contributed by atoms with Crippen LogP contribution < -0.4 is 9.47 Å². The molecule has 1 atom stereocenters. The standard InChI is InChI=1S/C19H17BrO5/c1-12(19(22)14-3-5-15(20)6-4-14)25-18(21)11-13-2-7-16-17(10-13)24-9-8-23-16/h2-7,10,12H,8-9,11H2,1H3/t12-/m1/s1. The predicted molar refractivity (Wildman–Crippen MR) is 95.2 cm³/mol. The second kappa shape index (κ2) is 7.70. The van der Waals surface area contributed by atoms with Crippen molar-refractivity contribution in [1.82, 2.24) is 0 Å². The quantitative estimate of drug-likeness (QED) is 0.562. The predicted octanol–water partition coefficient (Wildman–Crippen LogP) is 3.58. The summed E-state index contributed by atoms with van der Waals surface area (Å²) < 4.78 is 17.1. The fourth-order valence-corrected chi connectivity index (χ4v) is 2.77. The first-order valence-electron chi connectivity index (χ1n) is 7.91. The second-order valence-corrected chi connectivity index (χ2v) is 6.57. The van der Waals surface area contributed by atoms with Gasteiger partial charge >= 0.3 is 5.97 Å². The molecule has 2 aromatic rings. The van der Waals surface area contributed by atoms with Gasteiger partial charge in [0.15, 0.2) is 17.6 Å². The summed E-state index contributed by atoms with van der Waals surface area (Å²) in [5, 5.41) is 0. The number of halogens is 1. The number of benzene rings is 2. The molecule has 130 valence electrons. The summed E-state index contributed by atoms with van der Waals surface area (Å²) in [7, 11) is 0. The molecule has 0 fully saturated rings. The highest BCUT2D eigenvalue weighted by Crippen LogP contribution is 2.31. The number of hydrogen-bond donors (Lipinski definition) is 0. The molecule has 1 aliphatic rings. The van der Waals surface area contributed by atoms with Crippen molar-refractivity contribution < 1.29 is 23.8 Å². The van der Waals surface area contributed by atoms with Crippen LogP contribution in [0.4, 0.5) is 0 Å². The van der Waals surface area contributed by atoms with Gasteiger partial charge in [-0.1, -0.05) is 34.1 Å². The lowest BCUT2D eigenvalue weighted by molar-refractivity contribution is -0.145. The summed E-state index contributed by atoms with van der Waals surface area (Å²) in [6, 6.07) is 12.3. The zero-order valence-corrected chi connectivity index (χ0v) is 15.2. The number of ether oxygens (including phenoxy) is 3. The van der Waals surface area contributed by atoms with Gasteiger partial charge in [0.25, 0.3) is 0 Å². The van der Waals surface area contributed by atoms with Crippen LogP contribution in [0.5, 0.6) is 11.5 Å². The molecule has 0 aromatic heterocycles. The molecule has 2 aromatic carbocycles. The third-order valence-corrected chi connectivity index (χ3v) is 4.29. The Morgan fingerprint density at radius 2 is 1.76 bits per heavy atom. The molecule has 1 heterocycles. The van der Waals surface area contributed by atoms with Gasteiger partial charge in [-0.25, -0.2) is 0 Å². The molecule has 0 saturated heterocycles. The van der Waals surface area contributed by atoms with Crippen LogP contribution in [0.25, 0.3) is 0 Å². The summed E-state index contributed by atoms with van der Waals surface area (Å²) in [5.41, 5.74) is 1.25.